The zero-order valence-corrected chi connectivity index (χ0v) is 22.7. The van der Waals surface area contributed by atoms with Gasteiger partial charge in [-0.25, -0.2) is 0 Å². The van der Waals surface area contributed by atoms with Crippen LogP contribution in [0, 0.1) is 29.6 Å². The molecule has 3 unspecified atom stereocenters. The minimum absolute atomic E-state index is 0.139. The van der Waals surface area contributed by atoms with E-state index in [4.69, 9.17) is 0 Å². The second-order valence-corrected chi connectivity index (χ2v) is 12.0. The average Bonchev–Trinajstić information content (AvgIpc) is 3.22. The third kappa shape index (κ3) is 6.86. The number of piperidine rings is 1. The zero-order chi connectivity index (χ0) is 26.3. The van der Waals surface area contributed by atoms with E-state index in [1.165, 1.54) is 70.8 Å². The number of amides is 3. The molecule has 2 N–H and O–H groups in total. The summed E-state index contributed by atoms with van der Waals surface area (Å²) in [5.41, 5.74) is 2.45. The Kier molecular flexibility index (Phi) is 9.17. The molecule has 6 nitrogen and oxygen atoms in total. The van der Waals surface area contributed by atoms with Crippen LogP contribution in [-0.2, 0) is 16.1 Å². The molecule has 5 rings (SSSR count). The molecule has 2 bridgehead atoms. The summed E-state index contributed by atoms with van der Waals surface area (Å²) in [6, 6.07) is 5.11. The molecule has 0 spiro atoms. The summed E-state index contributed by atoms with van der Waals surface area (Å²) in [6.45, 7) is 2.72. The van der Waals surface area contributed by atoms with E-state index in [0.717, 1.165) is 48.3 Å². The van der Waals surface area contributed by atoms with E-state index in [1.807, 2.05) is 18.2 Å². The summed E-state index contributed by atoms with van der Waals surface area (Å²) in [5.74, 6) is 8.81. The van der Waals surface area contributed by atoms with Gasteiger partial charge in [0.2, 0.25) is 11.8 Å². The Morgan fingerprint density at radius 3 is 2.58 bits per heavy atom. The molecule has 38 heavy (non-hydrogen) atoms. The van der Waals surface area contributed by atoms with Crippen LogP contribution in [0.25, 0.3) is 0 Å². The number of hydrogen-bond donors (Lipinski definition) is 2. The van der Waals surface area contributed by atoms with Gasteiger partial charge in [-0.1, -0.05) is 43.9 Å². The van der Waals surface area contributed by atoms with Crippen LogP contribution in [-0.4, -0.2) is 41.8 Å². The van der Waals surface area contributed by atoms with E-state index in [0.29, 0.717) is 18.5 Å². The van der Waals surface area contributed by atoms with Gasteiger partial charge in [0.05, 0.1) is 0 Å². The van der Waals surface area contributed by atoms with Crippen LogP contribution in [0.2, 0.25) is 0 Å². The van der Waals surface area contributed by atoms with Gasteiger partial charge in [0.15, 0.2) is 0 Å². The first-order valence-corrected chi connectivity index (χ1v) is 15.0. The van der Waals surface area contributed by atoms with E-state index >= 15 is 0 Å². The predicted octanol–water partition coefficient (Wildman–Crippen LogP) is 4.95. The number of nitrogens with one attached hydrogen (secondary N) is 2. The molecule has 2 heterocycles. The normalized spacial score (nSPS) is 26.5. The second-order valence-electron chi connectivity index (χ2n) is 12.0. The van der Waals surface area contributed by atoms with Crippen LogP contribution in [0.5, 0.6) is 0 Å². The third-order valence-electron chi connectivity index (χ3n) is 9.12. The van der Waals surface area contributed by atoms with Crippen LogP contribution in [0.15, 0.2) is 18.2 Å². The van der Waals surface area contributed by atoms with Crippen molar-refractivity contribution in [1.82, 2.24) is 15.5 Å². The largest absolute Gasteiger partial charge is 0.322 e. The maximum Gasteiger partial charge on any atom is 0.255 e. The molecule has 2 aliphatic carbocycles. The monoisotopic (exact) mass is 517 g/mol. The van der Waals surface area contributed by atoms with E-state index in [-0.39, 0.29) is 24.1 Å². The van der Waals surface area contributed by atoms with E-state index in [1.54, 1.807) is 4.90 Å². The summed E-state index contributed by atoms with van der Waals surface area (Å²) in [7, 11) is 0. The van der Waals surface area contributed by atoms with Crippen molar-refractivity contribution in [2.45, 2.75) is 102 Å². The van der Waals surface area contributed by atoms with Crippen molar-refractivity contribution in [3.05, 3.63) is 34.9 Å². The predicted molar refractivity (Wildman–Crippen MR) is 148 cm³/mol. The molecule has 3 atom stereocenters. The summed E-state index contributed by atoms with van der Waals surface area (Å²) in [4.78, 5) is 38.0. The SMILES string of the molecule is O=C1CCC(N2Cc3cc(C#CCCCCCCNCCC4CC5CCCC(C5)C4)ccc3C2=O)C(=O)N1. The van der Waals surface area contributed by atoms with Crippen LogP contribution in [0.4, 0.5) is 0 Å². The number of unbranched alkanes of at least 4 members (excludes halogenated alkanes) is 4. The molecule has 1 aromatic carbocycles. The van der Waals surface area contributed by atoms with Crippen molar-refractivity contribution in [3.8, 4) is 11.8 Å². The number of fused-ring (bicyclic) bond motifs is 3. The quantitative estimate of drug-likeness (QED) is 0.262. The lowest BCUT2D eigenvalue weighted by molar-refractivity contribution is -0.136. The molecule has 6 heteroatoms. The van der Waals surface area contributed by atoms with Gasteiger partial charge >= 0.3 is 0 Å². The van der Waals surface area contributed by atoms with Crippen LogP contribution in [0.3, 0.4) is 0 Å². The van der Waals surface area contributed by atoms with Gasteiger partial charge in [-0.05, 0) is 99.6 Å². The Labute approximate surface area is 227 Å². The Hall–Kier alpha value is -2.65. The van der Waals surface area contributed by atoms with E-state index < -0.39 is 6.04 Å². The van der Waals surface area contributed by atoms with E-state index in [9.17, 15) is 14.4 Å². The molecular formula is C32H43N3O3. The Balaban J connectivity index is 0.944. The topological polar surface area (TPSA) is 78.5 Å². The van der Waals surface area contributed by atoms with Gasteiger partial charge in [-0.2, -0.15) is 0 Å². The van der Waals surface area contributed by atoms with Crippen LogP contribution in [0.1, 0.15) is 111 Å². The molecule has 1 saturated heterocycles. The maximum atomic E-state index is 12.8. The first-order valence-electron chi connectivity index (χ1n) is 15.0. The van der Waals surface area contributed by atoms with Crippen molar-refractivity contribution in [3.63, 3.8) is 0 Å². The number of carbonyl (C=O) groups excluding carboxylic acids is 3. The van der Waals surface area contributed by atoms with Gasteiger partial charge in [0.25, 0.3) is 5.91 Å². The summed E-state index contributed by atoms with van der Waals surface area (Å²) in [6.07, 6.45) is 16.7. The first-order chi connectivity index (χ1) is 18.6. The molecule has 2 saturated carbocycles. The minimum atomic E-state index is -0.575. The van der Waals surface area contributed by atoms with E-state index in [2.05, 4.69) is 22.5 Å². The molecule has 2 aliphatic heterocycles. The molecule has 204 valence electrons. The number of hydrogen-bond acceptors (Lipinski definition) is 4. The molecule has 3 fully saturated rings. The molecule has 1 aromatic rings. The summed E-state index contributed by atoms with van der Waals surface area (Å²) in [5, 5.41) is 6.03. The third-order valence-corrected chi connectivity index (χ3v) is 9.12. The number of carbonyl (C=O) groups is 3. The van der Waals surface area contributed by atoms with Crippen molar-refractivity contribution in [2.24, 2.45) is 17.8 Å². The van der Waals surface area contributed by atoms with Crippen molar-refractivity contribution in [2.75, 3.05) is 13.1 Å². The highest BCUT2D eigenvalue weighted by molar-refractivity contribution is 6.05. The zero-order valence-electron chi connectivity index (χ0n) is 22.7. The molecule has 0 aromatic heterocycles. The number of nitrogens with zero attached hydrogens (tertiary/aromatic N) is 1. The number of rotatable bonds is 10. The summed E-state index contributed by atoms with van der Waals surface area (Å²) >= 11 is 0. The molecule has 4 aliphatic rings. The highest BCUT2D eigenvalue weighted by Crippen LogP contribution is 2.43. The summed E-state index contributed by atoms with van der Waals surface area (Å²) < 4.78 is 0. The van der Waals surface area contributed by atoms with Gasteiger partial charge in [0.1, 0.15) is 6.04 Å². The molecule has 3 amide bonds. The Morgan fingerprint density at radius 1 is 0.947 bits per heavy atom. The van der Waals surface area contributed by atoms with Gasteiger partial charge in [0, 0.05) is 30.5 Å². The second kappa shape index (κ2) is 12.9. The van der Waals surface area contributed by atoms with Crippen molar-refractivity contribution in [1.29, 1.82) is 0 Å². The minimum Gasteiger partial charge on any atom is -0.322 e. The lowest BCUT2D eigenvalue weighted by Crippen LogP contribution is -2.52. The molecule has 0 radical (unpaired) electrons. The van der Waals surface area contributed by atoms with Crippen molar-refractivity contribution < 1.29 is 14.4 Å². The highest BCUT2D eigenvalue weighted by Gasteiger charge is 2.39. The van der Waals surface area contributed by atoms with Crippen LogP contribution < -0.4 is 10.6 Å². The molecular weight excluding hydrogens is 474 g/mol. The fourth-order valence-electron chi connectivity index (χ4n) is 7.17. The number of imide groups is 1. The lowest BCUT2D eigenvalue weighted by Gasteiger charge is -2.39. The fourth-order valence-corrected chi connectivity index (χ4v) is 7.17. The standard InChI is InChI=1S/C32H43N3O3/c36-30-14-13-29(31(37)34-30)35-22-27-21-23(11-12-28(27)32(35)38)8-5-3-1-2-4-6-16-33-17-15-26-19-24-9-7-10-25(18-24)20-26/h11-12,21,24-26,29,33H,1-4,6-7,9-10,13-20,22H2,(H,34,36,37). The maximum absolute atomic E-state index is 12.8. The Bertz CT molecular complexity index is 1080. The lowest BCUT2D eigenvalue weighted by atomic mass is 9.67. The van der Waals surface area contributed by atoms with Gasteiger partial charge in [-0.3, -0.25) is 19.7 Å². The van der Waals surface area contributed by atoms with Crippen LogP contribution >= 0.6 is 0 Å². The fraction of sp³-hybridized carbons (Fsp3) is 0.656. The van der Waals surface area contributed by atoms with Gasteiger partial charge in [-0.15, -0.1) is 0 Å². The average molecular weight is 518 g/mol. The highest BCUT2D eigenvalue weighted by atomic mass is 16.2. The van der Waals surface area contributed by atoms with Crippen molar-refractivity contribution >= 4 is 17.7 Å². The number of benzene rings is 1. The van der Waals surface area contributed by atoms with Gasteiger partial charge < -0.3 is 10.2 Å². The smallest absolute Gasteiger partial charge is 0.255 e. The first kappa shape index (κ1) is 26.9. The Morgan fingerprint density at radius 2 is 1.76 bits per heavy atom.